The molecule has 2 aromatic carbocycles. The first-order chi connectivity index (χ1) is 9.95. The maximum atomic E-state index is 13.9. The Morgan fingerprint density at radius 1 is 1.24 bits per heavy atom. The van der Waals surface area contributed by atoms with Crippen molar-refractivity contribution in [3.8, 4) is 5.75 Å². The van der Waals surface area contributed by atoms with Gasteiger partial charge in [-0.1, -0.05) is 6.07 Å². The van der Waals surface area contributed by atoms with E-state index in [2.05, 4.69) is 0 Å². The number of nitrogen functional groups attached to an aromatic ring is 1. The fourth-order valence-corrected chi connectivity index (χ4v) is 2.03. The Labute approximate surface area is 121 Å². The summed E-state index contributed by atoms with van der Waals surface area (Å²) in [5, 5.41) is 0. The minimum absolute atomic E-state index is 0.0873. The molecular weight excluding hydrogens is 276 g/mol. The summed E-state index contributed by atoms with van der Waals surface area (Å²) in [4.78, 5) is 12.5. The molecule has 3 nitrogen and oxygen atoms in total. The molecule has 0 fully saturated rings. The van der Waals surface area contributed by atoms with Crippen LogP contribution in [-0.4, -0.2) is 12.4 Å². The van der Waals surface area contributed by atoms with Gasteiger partial charge in [-0.2, -0.15) is 0 Å². The summed E-state index contributed by atoms with van der Waals surface area (Å²) in [7, 11) is 0. The number of rotatable bonds is 4. The third kappa shape index (κ3) is 2.86. The highest BCUT2D eigenvalue weighted by Crippen LogP contribution is 2.28. The summed E-state index contributed by atoms with van der Waals surface area (Å²) in [6, 6.07) is 6.63. The van der Waals surface area contributed by atoms with Gasteiger partial charge in [0.05, 0.1) is 17.7 Å². The Morgan fingerprint density at radius 3 is 2.62 bits per heavy atom. The zero-order valence-corrected chi connectivity index (χ0v) is 11.7. The van der Waals surface area contributed by atoms with Gasteiger partial charge in [0.15, 0.2) is 0 Å². The van der Waals surface area contributed by atoms with E-state index < -0.39 is 17.4 Å². The van der Waals surface area contributed by atoms with Crippen LogP contribution in [-0.2, 0) is 0 Å². The van der Waals surface area contributed by atoms with Crippen molar-refractivity contribution in [2.45, 2.75) is 13.8 Å². The van der Waals surface area contributed by atoms with Crippen LogP contribution in [0, 0.1) is 18.6 Å². The van der Waals surface area contributed by atoms with Crippen molar-refractivity contribution in [3.05, 3.63) is 58.7 Å². The van der Waals surface area contributed by atoms with Gasteiger partial charge in [-0.05, 0) is 37.6 Å². The number of ketones is 1. The van der Waals surface area contributed by atoms with Gasteiger partial charge >= 0.3 is 0 Å². The second-order valence-corrected chi connectivity index (χ2v) is 4.56. The van der Waals surface area contributed by atoms with E-state index in [-0.39, 0.29) is 28.1 Å². The minimum atomic E-state index is -0.922. The van der Waals surface area contributed by atoms with Crippen molar-refractivity contribution in [2.75, 3.05) is 12.3 Å². The predicted molar refractivity (Wildman–Crippen MR) is 76.6 cm³/mol. The average molecular weight is 291 g/mol. The van der Waals surface area contributed by atoms with E-state index in [1.165, 1.54) is 19.1 Å². The summed E-state index contributed by atoms with van der Waals surface area (Å²) in [5.41, 5.74) is 6.04. The molecule has 0 radical (unpaired) electrons. The fourth-order valence-electron chi connectivity index (χ4n) is 2.03. The highest BCUT2D eigenvalue weighted by molar-refractivity contribution is 6.14. The first kappa shape index (κ1) is 15.0. The number of aryl methyl sites for hydroxylation is 1. The van der Waals surface area contributed by atoms with E-state index >= 15 is 0 Å². The van der Waals surface area contributed by atoms with Crippen LogP contribution < -0.4 is 10.5 Å². The standard InChI is InChI=1S/C16H15F2NO2/c1-3-21-14-6-4-5-13(19)15(14)16(20)10-7-9(2)11(17)8-12(10)18/h4-8H,3,19H2,1-2H3. The van der Waals surface area contributed by atoms with Crippen LogP contribution in [0.5, 0.6) is 5.75 Å². The van der Waals surface area contributed by atoms with Crippen molar-refractivity contribution in [2.24, 2.45) is 0 Å². The Bertz CT molecular complexity index is 699. The lowest BCUT2D eigenvalue weighted by atomic mass is 9.98. The molecule has 0 aliphatic rings. The second kappa shape index (κ2) is 5.91. The third-order valence-corrected chi connectivity index (χ3v) is 3.08. The van der Waals surface area contributed by atoms with Gasteiger partial charge in [-0.3, -0.25) is 4.79 Å². The van der Waals surface area contributed by atoms with Crippen LogP contribution in [0.2, 0.25) is 0 Å². The summed E-state index contributed by atoms with van der Waals surface area (Å²) in [6.45, 7) is 3.57. The molecule has 5 heteroatoms. The van der Waals surface area contributed by atoms with Crippen molar-refractivity contribution in [3.63, 3.8) is 0 Å². The topological polar surface area (TPSA) is 52.3 Å². The van der Waals surface area contributed by atoms with Crippen LogP contribution in [0.25, 0.3) is 0 Å². The Morgan fingerprint density at radius 2 is 1.95 bits per heavy atom. The number of carbonyl (C=O) groups is 1. The summed E-state index contributed by atoms with van der Waals surface area (Å²) >= 11 is 0. The molecule has 0 heterocycles. The first-order valence-corrected chi connectivity index (χ1v) is 6.47. The molecule has 0 aliphatic carbocycles. The largest absolute Gasteiger partial charge is 0.493 e. The number of nitrogens with two attached hydrogens (primary N) is 1. The van der Waals surface area contributed by atoms with E-state index in [9.17, 15) is 13.6 Å². The van der Waals surface area contributed by atoms with Crippen molar-refractivity contribution in [1.29, 1.82) is 0 Å². The van der Waals surface area contributed by atoms with E-state index in [4.69, 9.17) is 10.5 Å². The molecule has 110 valence electrons. The minimum Gasteiger partial charge on any atom is -0.493 e. The van der Waals surface area contributed by atoms with Gasteiger partial charge in [-0.25, -0.2) is 8.78 Å². The number of hydrogen-bond acceptors (Lipinski definition) is 3. The van der Waals surface area contributed by atoms with Crippen LogP contribution in [0.4, 0.5) is 14.5 Å². The maximum absolute atomic E-state index is 13.9. The van der Waals surface area contributed by atoms with Gasteiger partial charge in [0.25, 0.3) is 0 Å². The Hall–Kier alpha value is -2.43. The van der Waals surface area contributed by atoms with Crippen molar-refractivity contribution < 1.29 is 18.3 Å². The maximum Gasteiger partial charge on any atom is 0.201 e. The molecule has 0 spiro atoms. The molecule has 2 N–H and O–H groups in total. The molecule has 0 saturated heterocycles. The van der Waals surface area contributed by atoms with Crippen LogP contribution in [0.1, 0.15) is 28.4 Å². The lowest BCUT2D eigenvalue weighted by molar-refractivity contribution is 0.103. The predicted octanol–water partition coefficient (Wildman–Crippen LogP) is 3.49. The molecule has 0 aromatic heterocycles. The van der Waals surface area contributed by atoms with Crippen LogP contribution in [0.3, 0.4) is 0 Å². The number of carbonyl (C=O) groups excluding carboxylic acids is 1. The van der Waals surface area contributed by atoms with Crippen LogP contribution in [0.15, 0.2) is 30.3 Å². The van der Waals surface area contributed by atoms with Gasteiger partial charge < -0.3 is 10.5 Å². The summed E-state index contributed by atoms with van der Waals surface area (Å²) in [5.74, 6) is -1.97. The lowest BCUT2D eigenvalue weighted by Gasteiger charge is -2.12. The number of halogens is 2. The van der Waals surface area contributed by atoms with Gasteiger partial charge in [0.1, 0.15) is 17.4 Å². The molecule has 0 aliphatic heterocycles. The molecule has 0 atom stereocenters. The van der Waals surface area contributed by atoms with E-state index in [0.717, 1.165) is 0 Å². The molecule has 2 rings (SSSR count). The highest BCUT2D eigenvalue weighted by atomic mass is 19.1. The SMILES string of the molecule is CCOc1cccc(N)c1C(=O)c1cc(C)c(F)cc1F. The fraction of sp³-hybridized carbons (Fsp3) is 0.188. The number of anilines is 1. The van der Waals surface area contributed by atoms with Gasteiger partial charge in [0.2, 0.25) is 5.78 Å². The summed E-state index contributed by atoms with van der Waals surface area (Å²) in [6.07, 6.45) is 0. The molecule has 21 heavy (non-hydrogen) atoms. The smallest absolute Gasteiger partial charge is 0.201 e. The zero-order valence-electron chi connectivity index (χ0n) is 11.7. The lowest BCUT2D eigenvalue weighted by Crippen LogP contribution is -2.11. The number of hydrogen-bond donors (Lipinski definition) is 1. The molecule has 2 aromatic rings. The van der Waals surface area contributed by atoms with Crippen molar-refractivity contribution in [1.82, 2.24) is 0 Å². The summed E-state index contributed by atoms with van der Waals surface area (Å²) < 4.78 is 32.5. The molecule has 0 amide bonds. The Kier molecular flexibility index (Phi) is 4.21. The van der Waals surface area contributed by atoms with E-state index in [1.54, 1.807) is 19.1 Å². The van der Waals surface area contributed by atoms with Gasteiger partial charge in [0, 0.05) is 11.8 Å². The third-order valence-electron chi connectivity index (χ3n) is 3.08. The van der Waals surface area contributed by atoms with E-state index in [1.807, 2.05) is 0 Å². The second-order valence-electron chi connectivity index (χ2n) is 4.56. The monoisotopic (exact) mass is 291 g/mol. The highest BCUT2D eigenvalue weighted by Gasteiger charge is 2.22. The molecule has 0 unspecified atom stereocenters. The molecule has 0 bridgehead atoms. The number of benzene rings is 2. The Balaban J connectivity index is 2.57. The molecular formula is C16H15F2NO2. The molecule has 0 saturated carbocycles. The average Bonchev–Trinajstić information content (AvgIpc) is 2.43. The van der Waals surface area contributed by atoms with Gasteiger partial charge in [-0.15, -0.1) is 0 Å². The quantitative estimate of drug-likeness (QED) is 0.693. The van der Waals surface area contributed by atoms with Crippen molar-refractivity contribution >= 4 is 11.5 Å². The normalized spacial score (nSPS) is 10.5. The van der Waals surface area contributed by atoms with E-state index in [0.29, 0.717) is 12.7 Å². The zero-order chi connectivity index (χ0) is 15.6. The number of ether oxygens (including phenoxy) is 1. The van der Waals surface area contributed by atoms with Crippen LogP contribution >= 0.6 is 0 Å². The first-order valence-electron chi connectivity index (χ1n) is 6.47.